The number of nitro groups is 1. The summed E-state index contributed by atoms with van der Waals surface area (Å²) in [6.07, 6.45) is 4.17. The summed E-state index contributed by atoms with van der Waals surface area (Å²) in [4.78, 5) is 28.7. The van der Waals surface area contributed by atoms with Crippen LogP contribution in [0, 0.1) is 10.1 Å². The highest BCUT2D eigenvalue weighted by atomic mass is 16.6. The molecule has 0 bridgehead atoms. The van der Waals surface area contributed by atoms with Crippen molar-refractivity contribution in [2.45, 2.75) is 0 Å². The monoisotopic (exact) mass is 260 g/mol. The number of benzene rings is 1. The molecule has 1 aromatic heterocycles. The third kappa shape index (κ3) is 2.80. The Morgan fingerprint density at radius 2 is 2.00 bits per heavy atom. The molecule has 1 aromatic carbocycles. The second-order valence-corrected chi connectivity index (χ2v) is 3.54. The largest absolute Gasteiger partial charge is 0.478 e. The second kappa shape index (κ2) is 5.08. The van der Waals surface area contributed by atoms with E-state index in [1.165, 1.54) is 24.8 Å². The molecule has 19 heavy (non-hydrogen) atoms. The highest BCUT2D eigenvalue weighted by molar-refractivity contribution is 5.95. The zero-order valence-corrected chi connectivity index (χ0v) is 9.48. The Hall–Kier alpha value is -3.03. The summed E-state index contributed by atoms with van der Waals surface area (Å²) in [7, 11) is 0. The van der Waals surface area contributed by atoms with Crippen LogP contribution in [0.1, 0.15) is 10.4 Å². The van der Waals surface area contributed by atoms with Gasteiger partial charge in [0, 0.05) is 12.1 Å². The number of nitrogens with zero attached hydrogens (tertiary/aromatic N) is 3. The molecule has 0 aliphatic heterocycles. The number of carbonyl (C=O) groups is 1. The molecular formula is C11H8N4O4. The maximum Gasteiger partial charge on any atom is 0.337 e. The molecule has 0 unspecified atom stereocenters. The molecule has 1 heterocycles. The van der Waals surface area contributed by atoms with E-state index >= 15 is 0 Å². The first-order chi connectivity index (χ1) is 9.08. The van der Waals surface area contributed by atoms with Crippen LogP contribution >= 0.6 is 0 Å². The second-order valence-electron chi connectivity index (χ2n) is 3.54. The Kier molecular flexibility index (Phi) is 3.33. The third-order valence-electron chi connectivity index (χ3n) is 2.28. The average Bonchev–Trinajstić information content (AvgIpc) is 2.39. The zero-order chi connectivity index (χ0) is 13.8. The summed E-state index contributed by atoms with van der Waals surface area (Å²) in [6.45, 7) is 0. The molecule has 0 radical (unpaired) electrons. The summed E-state index contributed by atoms with van der Waals surface area (Å²) in [5.74, 6) is -1.19. The van der Waals surface area contributed by atoms with E-state index in [-0.39, 0.29) is 16.9 Å². The number of non-ortho nitro benzene ring substituents is 1. The van der Waals surface area contributed by atoms with E-state index in [9.17, 15) is 14.9 Å². The van der Waals surface area contributed by atoms with Crippen LogP contribution in [0.4, 0.5) is 17.1 Å². The Morgan fingerprint density at radius 1 is 1.32 bits per heavy atom. The Balaban J connectivity index is 2.43. The minimum absolute atomic E-state index is 0.0746. The summed E-state index contributed by atoms with van der Waals surface area (Å²) in [6, 6.07) is 3.46. The first-order valence-electron chi connectivity index (χ1n) is 5.11. The van der Waals surface area contributed by atoms with Crippen LogP contribution in [-0.4, -0.2) is 26.0 Å². The van der Waals surface area contributed by atoms with Crippen molar-refractivity contribution in [3.8, 4) is 0 Å². The first-order valence-corrected chi connectivity index (χ1v) is 5.11. The van der Waals surface area contributed by atoms with Crippen molar-refractivity contribution < 1.29 is 14.8 Å². The van der Waals surface area contributed by atoms with Gasteiger partial charge in [-0.15, -0.1) is 0 Å². The molecule has 0 spiro atoms. The zero-order valence-electron chi connectivity index (χ0n) is 9.48. The molecule has 96 valence electrons. The lowest BCUT2D eigenvalue weighted by Gasteiger charge is -2.08. The van der Waals surface area contributed by atoms with Crippen molar-refractivity contribution >= 4 is 23.0 Å². The summed E-state index contributed by atoms with van der Waals surface area (Å²) in [5.41, 5.74) is 0.265. The Labute approximate surface area is 106 Å². The smallest absolute Gasteiger partial charge is 0.337 e. The predicted octanol–water partition coefficient (Wildman–Crippen LogP) is 1.83. The molecule has 0 saturated carbocycles. The van der Waals surface area contributed by atoms with Gasteiger partial charge in [0.1, 0.15) is 6.33 Å². The number of anilines is 2. The average molecular weight is 260 g/mol. The van der Waals surface area contributed by atoms with Crippen LogP contribution in [0.2, 0.25) is 0 Å². The number of rotatable bonds is 4. The first kappa shape index (κ1) is 12.4. The molecule has 0 aliphatic rings. The highest BCUT2D eigenvalue weighted by Crippen LogP contribution is 2.25. The summed E-state index contributed by atoms with van der Waals surface area (Å²) < 4.78 is 0. The van der Waals surface area contributed by atoms with Crippen LogP contribution in [-0.2, 0) is 0 Å². The predicted molar refractivity (Wildman–Crippen MR) is 65.4 cm³/mol. The minimum Gasteiger partial charge on any atom is -0.478 e. The van der Waals surface area contributed by atoms with E-state index in [2.05, 4.69) is 15.3 Å². The normalized spacial score (nSPS) is 9.89. The molecule has 2 rings (SSSR count). The minimum atomic E-state index is -1.19. The molecular weight excluding hydrogens is 252 g/mol. The molecule has 0 fully saturated rings. The Bertz CT molecular complexity index is 630. The Morgan fingerprint density at radius 3 is 2.58 bits per heavy atom. The lowest BCUT2D eigenvalue weighted by atomic mass is 10.1. The number of nitrogens with one attached hydrogen (secondary N) is 1. The third-order valence-corrected chi connectivity index (χ3v) is 2.28. The number of aromatic nitrogens is 2. The molecule has 0 atom stereocenters. The fraction of sp³-hybridized carbons (Fsp3) is 0. The van der Waals surface area contributed by atoms with Gasteiger partial charge in [-0.05, 0) is 6.07 Å². The number of aromatic carboxylic acids is 1. The molecule has 0 saturated heterocycles. The van der Waals surface area contributed by atoms with Crippen molar-refractivity contribution in [1.82, 2.24) is 9.97 Å². The molecule has 8 heteroatoms. The van der Waals surface area contributed by atoms with Gasteiger partial charge >= 0.3 is 5.97 Å². The fourth-order valence-corrected chi connectivity index (χ4v) is 1.45. The topological polar surface area (TPSA) is 118 Å². The molecule has 8 nitrogen and oxygen atoms in total. The molecule has 2 N–H and O–H groups in total. The summed E-state index contributed by atoms with van der Waals surface area (Å²) >= 11 is 0. The van der Waals surface area contributed by atoms with Crippen molar-refractivity contribution in [3.05, 3.63) is 52.6 Å². The van der Waals surface area contributed by atoms with Crippen molar-refractivity contribution in [3.63, 3.8) is 0 Å². The lowest BCUT2D eigenvalue weighted by molar-refractivity contribution is -0.384. The van der Waals surface area contributed by atoms with Gasteiger partial charge in [-0.2, -0.15) is 0 Å². The van der Waals surface area contributed by atoms with E-state index in [4.69, 9.17) is 5.11 Å². The quantitative estimate of drug-likeness (QED) is 0.635. The fourth-order valence-electron chi connectivity index (χ4n) is 1.45. The standard InChI is InChI=1S/C11H8N4O4/c16-11(17)9-2-1-8(15(18)19)3-10(9)14-7-4-12-6-13-5-7/h1-6,14H,(H,16,17). The SMILES string of the molecule is O=C(O)c1ccc([N+](=O)[O-])cc1Nc1cncnc1. The molecule has 0 aliphatic carbocycles. The van der Waals surface area contributed by atoms with Gasteiger partial charge in [0.05, 0.1) is 34.3 Å². The van der Waals surface area contributed by atoms with Gasteiger partial charge in [0.2, 0.25) is 0 Å². The number of nitro benzene ring substituents is 1. The number of hydrogen-bond donors (Lipinski definition) is 2. The van der Waals surface area contributed by atoms with Crippen LogP contribution in [0.5, 0.6) is 0 Å². The maximum absolute atomic E-state index is 11.1. The van der Waals surface area contributed by atoms with Crippen LogP contribution in [0.3, 0.4) is 0 Å². The van der Waals surface area contributed by atoms with Crippen LogP contribution in [0.15, 0.2) is 36.9 Å². The van der Waals surface area contributed by atoms with E-state index in [0.29, 0.717) is 5.69 Å². The van der Waals surface area contributed by atoms with E-state index < -0.39 is 10.9 Å². The van der Waals surface area contributed by atoms with Crippen LogP contribution in [0.25, 0.3) is 0 Å². The van der Waals surface area contributed by atoms with Crippen molar-refractivity contribution in [2.24, 2.45) is 0 Å². The number of carboxylic acids is 1. The summed E-state index contributed by atoms with van der Waals surface area (Å²) in [5, 5.41) is 22.5. The van der Waals surface area contributed by atoms with Crippen LogP contribution < -0.4 is 5.32 Å². The van der Waals surface area contributed by atoms with Gasteiger partial charge < -0.3 is 10.4 Å². The van der Waals surface area contributed by atoms with Gasteiger partial charge in [-0.25, -0.2) is 14.8 Å². The van der Waals surface area contributed by atoms with Crippen molar-refractivity contribution in [2.75, 3.05) is 5.32 Å². The van der Waals surface area contributed by atoms with E-state index in [1.807, 2.05) is 0 Å². The highest BCUT2D eigenvalue weighted by Gasteiger charge is 2.15. The van der Waals surface area contributed by atoms with Crippen molar-refractivity contribution in [1.29, 1.82) is 0 Å². The molecule has 0 amide bonds. The number of carboxylic acid groups (broad SMARTS) is 1. The van der Waals surface area contributed by atoms with Gasteiger partial charge in [-0.3, -0.25) is 10.1 Å². The maximum atomic E-state index is 11.1. The van der Waals surface area contributed by atoms with Gasteiger partial charge in [-0.1, -0.05) is 0 Å². The van der Waals surface area contributed by atoms with E-state index in [0.717, 1.165) is 12.1 Å². The van der Waals surface area contributed by atoms with E-state index in [1.54, 1.807) is 0 Å². The molecule has 2 aromatic rings. The lowest BCUT2D eigenvalue weighted by Crippen LogP contribution is -2.04. The number of hydrogen-bond acceptors (Lipinski definition) is 6. The van der Waals surface area contributed by atoms with Gasteiger partial charge in [0.25, 0.3) is 5.69 Å². The van der Waals surface area contributed by atoms with Gasteiger partial charge in [0.15, 0.2) is 0 Å².